The Balaban J connectivity index is 2.11. The number of aliphatic carboxylic acids is 1. The zero-order chi connectivity index (χ0) is 12.3. The number of unbranched alkanes of at least 4 members (excludes halogenated alkanes) is 1. The third kappa shape index (κ3) is 3.01. The molecule has 1 aromatic heterocycles. The third-order valence-electron chi connectivity index (χ3n) is 3.18. The molecule has 0 bridgehead atoms. The minimum absolute atomic E-state index is 0.0608. The lowest BCUT2D eigenvalue weighted by molar-refractivity contribution is -0.138. The first-order chi connectivity index (χ1) is 8.22. The molecule has 6 heteroatoms. The van der Waals surface area contributed by atoms with E-state index in [0.29, 0.717) is 5.92 Å². The predicted molar refractivity (Wildman–Crippen MR) is 60.4 cm³/mol. The summed E-state index contributed by atoms with van der Waals surface area (Å²) < 4.78 is 1.74. The Labute approximate surface area is 100 Å². The van der Waals surface area contributed by atoms with Gasteiger partial charge in [-0.1, -0.05) is 13.3 Å². The van der Waals surface area contributed by atoms with Gasteiger partial charge in [-0.05, 0) is 35.6 Å². The van der Waals surface area contributed by atoms with Crippen molar-refractivity contribution >= 4 is 5.97 Å². The number of carboxylic acid groups (broad SMARTS) is 1. The summed E-state index contributed by atoms with van der Waals surface area (Å²) in [4.78, 5) is 10.9. The number of hydrogen-bond acceptors (Lipinski definition) is 4. The highest BCUT2D eigenvalue weighted by Gasteiger charge is 2.36. The van der Waals surface area contributed by atoms with Crippen molar-refractivity contribution in [2.24, 2.45) is 5.92 Å². The van der Waals surface area contributed by atoms with E-state index in [-0.39, 0.29) is 12.5 Å². The van der Waals surface area contributed by atoms with E-state index in [9.17, 15) is 4.79 Å². The molecule has 0 saturated heterocycles. The molecule has 0 amide bonds. The van der Waals surface area contributed by atoms with Gasteiger partial charge in [0.1, 0.15) is 0 Å². The van der Waals surface area contributed by atoms with E-state index in [0.717, 1.165) is 37.9 Å². The fraction of sp³-hybridized carbons (Fsp3) is 0.818. The SMILES string of the molecule is CCCCc1nnnn1C(CC(=O)O)C1CC1. The molecule has 0 aliphatic heterocycles. The largest absolute Gasteiger partial charge is 0.481 e. The first-order valence-corrected chi connectivity index (χ1v) is 6.21. The van der Waals surface area contributed by atoms with Gasteiger partial charge in [-0.15, -0.1) is 5.10 Å². The van der Waals surface area contributed by atoms with Gasteiger partial charge in [0.2, 0.25) is 0 Å². The summed E-state index contributed by atoms with van der Waals surface area (Å²) in [5, 5.41) is 20.6. The highest BCUT2D eigenvalue weighted by molar-refractivity contribution is 5.67. The Morgan fingerprint density at radius 1 is 1.59 bits per heavy atom. The van der Waals surface area contributed by atoms with Gasteiger partial charge in [0, 0.05) is 6.42 Å². The van der Waals surface area contributed by atoms with Gasteiger partial charge in [-0.2, -0.15) is 0 Å². The van der Waals surface area contributed by atoms with Gasteiger partial charge in [0.15, 0.2) is 5.82 Å². The zero-order valence-electron chi connectivity index (χ0n) is 10.0. The van der Waals surface area contributed by atoms with E-state index in [1.807, 2.05) is 0 Å². The maximum atomic E-state index is 10.9. The Kier molecular flexibility index (Phi) is 3.71. The van der Waals surface area contributed by atoms with Gasteiger partial charge in [-0.25, -0.2) is 4.68 Å². The fourth-order valence-corrected chi connectivity index (χ4v) is 2.08. The fourth-order valence-electron chi connectivity index (χ4n) is 2.08. The van der Waals surface area contributed by atoms with Crippen LogP contribution in [0, 0.1) is 5.92 Å². The number of carboxylic acids is 1. The smallest absolute Gasteiger partial charge is 0.305 e. The second-order valence-electron chi connectivity index (χ2n) is 4.65. The molecule has 94 valence electrons. The molecule has 0 spiro atoms. The van der Waals surface area contributed by atoms with Crippen molar-refractivity contribution in [1.82, 2.24) is 20.2 Å². The highest BCUT2D eigenvalue weighted by atomic mass is 16.4. The summed E-state index contributed by atoms with van der Waals surface area (Å²) in [6.45, 7) is 2.11. The quantitative estimate of drug-likeness (QED) is 0.777. The first kappa shape index (κ1) is 12.0. The molecule has 1 unspecified atom stereocenters. The van der Waals surface area contributed by atoms with E-state index in [1.54, 1.807) is 4.68 Å². The van der Waals surface area contributed by atoms with E-state index < -0.39 is 5.97 Å². The Hall–Kier alpha value is -1.46. The second-order valence-corrected chi connectivity index (χ2v) is 4.65. The lowest BCUT2D eigenvalue weighted by Crippen LogP contribution is -2.19. The van der Waals surface area contributed by atoms with E-state index >= 15 is 0 Å². The number of aryl methyl sites for hydroxylation is 1. The maximum Gasteiger partial charge on any atom is 0.305 e. The topological polar surface area (TPSA) is 80.9 Å². The van der Waals surface area contributed by atoms with Crippen LogP contribution in [0.4, 0.5) is 0 Å². The lowest BCUT2D eigenvalue weighted by atomic mass is 10.1. The summed E-state index contributed by atoms with van der Waals surface area (Å²) in [6.07, 6.45) is 5.24. The Morgan fingerprint density at radius 2 is 2.35 bits per heavy atom. The van der Waals surface area contributed by atoms with Crippen LogP contribution in [0.15, 0.2) is 0 Å². The van der Waals surface area contributed by atoms with Gasteiger partial charge >= 0.3 is 5.97 Å². The van der Waals surface area contributed by atoms with Crippen LogP contribution in [-0.2, 0) is 11.2 Å². The van der Waals surface area contributed by atoms with Crippen molar-refractivity contribution in [3.05, 3.63) is 5.82 Å². The number of rotatable bonds is 7. The third-order valence-corrected chi connectivity index (χ3v) is 3.18. The number of carbonyl (C=O) groups is 1. The molecule has 1 aliphatic rings. The summed E-state index contributed by atoms with van der Waals surface area (Å²) >= 11 is 0. The molecule has 1 saturated carbocycles. The number of nitrogens with zero attached hydrogens (tertiary/aromatic N) is 4. The standard InChI is InChI=1S/C11H18N4O2/c1-2-3-4-10-12-13-14-15(10)9(7-11(16)17)8-5-6-8/h8-9H,2-7H2,1H3,(H,16,17). The van der Waals surface area contributed by atoms with Crippen LogP contribution in [0.2, 0.25) is 0 Å². The van der Waals surface area contributed by atoms with Gasteiger partial charge < -0.3 is 5.11 Å². The van der Waals surface area contributed by atoms with Crippen molar-refractivity contribution in [2.45, 2.75) is 51.5 Å². The summed E-state index contributed by atoms with van der Waals surface area (Å²) in [5.41, 5.74) is 0. The molecule has 0 aromatic carbocycles. The minimum atomic E-state index is -0.779. The molecule has 0 radical (unpaired) electrons. The lowest BCUT2D eigenvalue weighted by Gasteiger charge is -2.15. The molecular formula is C11H18N4O2. The predicted octanol–water partition coefficient (Wildman–Crippen LogP) is 1.44. The van der Waals surface area contributed by atoms with E-state index in [4.69, 9.17) is 5.11 Å². The first-order valence-electron chi connectivity index (χ1n) is 6.21. The number of hydrogen-bond donors (Lipinski definition) is 1. The van der Waals surface area contributed by atoms with E-state index in [2.05, 4.69) is 22.4 Å². The average molecular weight is 238 g/mol. The van der Waals surface area contributed by atoms with Crippen molar-refractivity contribution < 1.29 is 9.90 Å². The zero-order valence-corrected chi connectivity index (χ0v) is 10.0. The second kappa shape index (κ2) is 5.25. The number of tetrazole rings is 1. The van der Waals surface area contributed by atoms with E-state index in [1.165, 1.54) is 0 Å². The summed E-state index contributed by atoms with van der Waals surface area (Å²) in [6, 6.07) is -0.0608. The maximum absolute atomic E-state index is 10.9. The average Bonchev–Trinajstić information content (AvgIpc) is 3.02. The van der Waals surface area contributed by atoms with Crippen molar-refractivity contribution in [1.29, 1.82) is 0 Å². The van der Waals surface area contributed by atoms with Crippen LogP contribution >= 0.6 is 0 Å². The van der Waals surface area contributed by atoms with Gasteiger partial charge in [0.05, 0.1) is 12.5 Å². The molecule has 1 heterocycles. The Bertz CT molecular complexity index is 387. The van der Waals surface area contributed by atoms with Gasteiger partial charge in [-0.3, -0.25) is 4.79 Å². The molecule has 1 aromatic rings. The van der Waals surface area contributed by atoms with Gasteiger partial charge in [0.25, 0.3) is 0 Å². The van der Waals surface area contributed by atoms with Crippen LogP contribution in [0.3, 0.4) is 0 Å². The molecule has 1 atom stereocenters. The monoisotopic (exact) mass is 238 g/mol. The molecular weight excluding hydrogens is 220 g/mol. The summed E-state index contributed by atoms with van der Waals surface area (Å²) in [5.74, 6) is 0.485. The molecule has 2 rings (SSSR count). The van der Waals surface area contributed by atoms with Crippen LogP contribution in [0.1, 0.15) is 50.9 Å². The van der Waals surface area contributed by atoms with Crippen LogP contribution in [0.5, 0.6) is 0 Å². The van der Waals surface area contributed by atoms with Crippen molar-refractivity contribution in [3.63, 3.8) is 0 Å². The molecule has 1 aliphatic carbocycles. The molecule has 17 heavy (non-hydrogen) atoms. The molecule has 1 N–H and O–H groups in total. The van der Waals surface area contributed by atoms with Crippen molar-refractivity contribution in [2.75, 3.05) is 0 Å². The summed E-state index contributed by atoms with van der Waals surface area (Å²) in [7, 11) is 0. The normalized spacial score (nSPS) is 17.0. The molecule has 6 nitrogen and oxygen atoms in total. The van der Waals surface area contributed by atoms with Crippen LogP contribution in [-0.4, -0.2) is 31.3 Å². The number of aromatic nitrogens is 4. The highest BCUT2D eigenvalue weighted by Crippen LogP contribution is 2.41. The molecule has 1 fully saturated rings. The van der Waals surface area contributed by atoms with Crippen molar-refractivity contribution in [3.8, 4) is 0 Å². The van der Waals surface area contributed by atoms with Crippen LogP contribution in [0.25, 0.3) is 0 Å². The Morgan fingerprint density at radius 3 is 2.94 bits per heavy atom. The minimum Gasteiger partial charge on any atom is -0.481 e. The van der Waals surface area contributed by atoms with Crippen LogP contribution < -0.4 is 0 Å².